The lowest BCUT2D eigenvalue weighted by Gasteiger charge is -2.29. The molecule has 2 rings (SSSR count). The third kappa shape index (κ3) is 3.30. The van der Waals surface area contributed by atoms with Crippen LogP contribution in [0.3, 0.4) is 0 Å². The Balaban J connectivity index is 2.23. The van der Waals surface area contributed by atoms with Crippen LogP contribution in [-0.2, 0) is 0 Å². The molecule has 0 unspecified atom stereocenters. The van der Waals surface area contributed by atoms with Crippen molar-refractivity contribution < 1.29 is 9.90 Å². The van der Waals surface area contributed by atoms with E-state index in [9.17, 15) is 9.90 Å². The van der Waals surface area contributed by atoms with Crippen molar-refractivity contribution in [3.8, 4) is 0 Å². The maximum atomic E-state index is 11.5. The molecule has 0 radical (unpaired) electrons. The fourth-order valence-electron chi connectivity index (χ4n) is 3.20. The van der Waals surface area contributed by atoms with Crippen LogP contribution < -0.4 is 4.90 Å². The Labute approximate surface area is 120 Å². The van der Waals surface area contributed by atoms with Crippen LogP contribution in [0.25, 0.3) is 0 Å². The van der Waals surface area contributed by atoms with Crippen molar-refractivity contribution in [2.24, 2.45) is 5.92 Å². The molecule has 0 spiro atoms. The molecule has 1 saturated carbocycles. The maximum Gasteiger partial charge on any atom is 0.339 e. The topological polar surface area (TPSA) is 53.4 Å². The lowest BCUT2D eigenvalue weighted by molar-refractivity contribution is 0.0696. The number of anilines is 1. The monoisotopic (exact) mass is 276 g/mol. The summed E-state index contributed by atoms with van der Waals surface area (Å²) >= 11 is 0. The van der Waals surface area contributed by atoms with E-state index in [1.165, 1.54) is 32.1 Å². The van der Waals surface area contributed by atoms with Gasteiger partial charge in [-0.3, -0.25) is 0 Å². The van der Waals surface area contributed by atoms with Gasteiger partial charge in [0, 0.05) is 19.3 Å². The lowest BCUT2D eigenvalue weighted by Crippen LogP contribution is -2.29. The number of carbonyl (C=O) groups is 1. The van der Waals surface area contributed by atoms with E-state index in [0.29, 0.717) is 17.3 Å². The first-order chi connectivity index (χ1) is 9.49. The van der Waals surface area contributed by atoms with E-state index >= 15 is 0 Å². The van der Waals surface area contributed by atoms with Gasteiger partial charge in [-0.15, -0.1) is 0 Å². The average molecular weight is 276 g/mol. The first-order valence-electron chi connectivity index (χ1n) is 7.41. The van der Waals surface area contributed by atoms with Gasteiger partial charge in [-0.25, -0.2) is 9.78 Å². The van der Waals surface area contributed by atoms with Crippen molar-refractivity contribution in [1.29, 1.82) is 0 Å². The second-order valence-corrected chi connectivity index (χ2v) is 5.97. The number of carboxylic acids is 1. The van der Waals surface area contributed by atoms with E-state index in [-0.39, 0.29) is 0 Å². The number of aromatic nitrogens is 1. The molecule has 0 saturated heterocycles. The molecule has 1 heterocycles. The minimum absolute atomic E-state index is 0.342. The number of carboxylic acid groups (broad SMARTS) is 1. The van der Waals surface area contributed by atoms with Crippen LogP contribution in [0, 0.1) is 19.8 Å². The number of rotatable bonds is 4. The van der Waals surface area contributed by atoms with Crippen molar-refractivity contribution in [3.05, 3.63) is 22.9 Å². The summed E-state index contributed by atoms with van der Waals surface area (Å²) in [7, 11) is 1.96. The summed E-state index contributed by atoms with van der Waals surface area (Å²) in [6, 6.07) is 1.83. The molecular weight excluding hydrogens is 252 g/mol. The molecule has 0 bridgehead atoms. The fourth-order valence-corrected chi connectivity index (χ4v) is 3.20. The molecule has 1 aliphatic rings. The van der Waals surface area contributed by atoms with Crippen molar-refractivity contribution >= 4 is 11.8 Å². The van der Waals surface area contributed by atoms with Gasteiger partial charge in [0.15, 0.2) is 0 Å². The third-order valence-electron chi connectivity index (χ3n) is 4.16. The Bertz CT molecular complexity index is 493. The SMILES string of the molecule is Cc1cc(C)c(C(=O)O)c(N(C)CC2CCCCC2)n1. The van der Waals surface area contributed by atoms with Gasteiger partial charge in [-0.05, 0) is 44.2 Å². The highest BCUT2D eigenvalue weighted by Gasteiger charge is 2.22. The second kappa shape index (κ2) is 6.25. The molecule has 1 aromatic rings. The highest BCUT2D eigenvalue weighted by atomic mass is 16.4. The van der Waals surface area contributed by atoms with Crippen molar-refractivity contribution in [3.63, 3.8) is 0 Å². The zero-order chi connectivity index (χ0) is 14.7. The highest BCUT2D eigenvalue weighted by molar-refractivity contribution is 5.95. The Morgan fingerprint density at radius 2 is 2.00 bits per heavy atom. The van der Waals surface area contributed by atoms with E-state index < -0.39 is 5.97 Å². The molecule has 1 N–H and O–H groups in total. The van der Waals surface area contributed by atoms with Crippen molar-refractivity contribution in [2.75, 3.05) is 18.5 Å². The molecule has 0 amide bonds. The molecule has 0 aromatic carbocycles. The molecule has 4 heteroatoms. The van der Waals surface area contributed by atoms with Crippen LogP contribution in [0.4, 0.5) is 5.82 Å². The van der Waals surface area contributed by atoms with Gasteiger partial charge >= 0.3 is 5.97 Å². The van der Waals surface area contributed by atoms with Gasteiger partial charge in [0.05, 0.1) is 0 Å². The number of aryl methyl sites for hydroxylation is 2. The Morgan fingerprint density at radius 1 is 1.35 bits per heavy atom. The largest absolute Gasteiger partial charge is 0.478 e. The summed E-state index contributed by atoms with van der Waals surface area (Å²) in [4.78, 5) is 18.0. The van der Waals surface area contributed by atoms with Gasteiger partial charge in [0.25, 0.3) is 0 Å². The molecule has 20 heavy (non-hydrogen) atoms. The molecule has 1 aliphatic carbocycles. The summed E-state index contributed by atoms with van der Waals surface area (Å²) in [6.07, 6.45) is 6.42. The molecule has 1 aromatic heterocycles. The van der Waals surface area contributed by atoms with E-state index in [0.717, 1.165) is 17.8 Å². The predicted molar refractivity (Wildman–Crippen MR) is 80.5 cm³/mol. The molecule has 1 fully saturated rings. The Morgan fingerprint density at radius 3 is 2.60 bits per heavy atom. The first kappa shape index (κ1) is 14.8. The zero-order valence-corrected chi connectivity index (χ0v) is 12.6. The van der Waals surface area contributed by atoms with E-state index in [1.807, 2.05) is 31.9 Å². The summed E-state index contributed by atoms with van der Waals surface area (Å²) in [5.74, 6) is 0.388. The van der Waals surface area contributed by atoms with Gasteiger partial charge in [-0.1, -0.05) is 19.3 Å². The maximum absolute atomic E-state index is 11.5. The molecular formula is C16H24N2O2. The van der Waals surface area contributed by atoms with Gasteiger partial charge in [0.2, 0.25) is 0 Å². The number of hydrogen-bond acceptors (Lipinski definition) is 3. The average Bonchev–Trinajstić information content (AvgIpc) is 2.38. The van der Waals surface area contributed by atoms with Crippen LogP contribution in [0.15, 0.2) is 6.07 Å². The van der Waals surface area contributed by atoms with Crippen molar-refractivity contribution in [2.45, 2.75) is 46.0 Å². The van der Waals surface area contributed by atoms with Gasteiger partial charge < -0.3 is 10.0 Å². The van der Waals surface area contributed by atoms with Crippen molar-refractivity contribution in [1.82, 2.24) is 4.98 Å². The number of pyridine rings is 1. The van der Waals surface area contributed by atoms with Crippen LogP contribution in [-0.4, -0.2) is 29.7 Å². The van der Waals surface area contributed by atoms with E-state index in [1.54, 1.807) is 0 Å². The van der Waals surface area contributed by atoms with Gasteiger partial charge in [0.1, 0.15) is 11.4 Å². The minimum Gasteiger partial charge on any atom is -0.478 e. The Hall–Kier alpha value is -1.58. The Kier molecular flexibility index (Phi) is 4.63. The standard InChI is InChI=1S/C16H24N2O2/c1-11-9-12(2)17-15(14(11)16(19)20)18(3)10-13-7-5-4-6-8-13/h9,13H,4-8,10H2,1-3H3,(H,19,20). The second-order valence-electron chi connectivity index (χ2n) is 5.97. The van der Waals surface area contributed by atoms with Crippen LogP contribution in [0.5, 0.6) is 0 Å². The smallest absolute Gasteiger partial charge is 0.339 e. The summed E-state index contributed by atoms with van der Waals surface area (Å²) in [6.45, 7) is 4.66. The normalized spacial score (nSPS) is 16.1. The third-order valence-corrected chi connectivity index (χ3v) is 4.16. The molecule has 110 valence electrons. The van der Waals surface area contributed by atoms with E-state index in [4.69, 9.17) is 0 Å². The summed E-state index contributed by atoms with van der Waals surface area (Å²) in [5, 5.41) is 9.43. The quantitative estimate of drug-likeness (QED) is 0.915. The molecule has 4 nitrogen and oxygen atoms in total. The van der Waals surface area contributed by atoms with Gasteiger partial charge in [-0.2, -0.15) is 0 Å². The fraction of sp³-hybridized carbons (Fsp3) is 0.625. The summed E-state index contributed by atoms with van der Waals surface area (Å²) < 4.78 is 0. The highest BCUT2D eigenvalue weighted by Crippen LogP contribution is 2.27. The van der Waals surface area contributed by atoms with Crippen LogP contribution >= 0.6 is 0 Å². The molecule has 0 atom stereocenters. The number of nitrogens with zero attached hydrogens (tertiary/aromatic N) is 2. The summed E-state index contributed by atoms with van der Waals surface area (Å²) in [5.41, 5.74) is 2.00. The lowest BCUT2D eigenvalue weighted by atomic mass is 9.89. The predicted octanol–water partition coefficient (Wildman–Crippen LogP) is 3.41. The minimum atomic E-state index is -0.888. The number of aromatic carboxylic acids is 1. The van der Waals surface area contributed by atoms with Crippen LogP contribution in [0.2, 0.25) is 0 Å². The molecule has 0 aliphatic heterocycles. The zero-order valence-electron chi connectivity index (χ0n) is 12.6. The van der Waals surface area contributed by atoms with Crippen LogP contribution in [0.1, 0.15) is 53.7 Å². The number of hydrogen-bond donors (Lipinski definition) is 1. The first-order valence-corrected chi connectivity index (χ1v) is 7.41. The van der Waals surface area contributed by atoms with E-state index in [2.05, 4.69) is 4.98 Å².